The fourth-order valence-electron chi connectivity index (χ4n) is 3.69. The highest BCUT2D eigenvalue weighted by molar-refractivity contribution is 5.60. The van der Waals surface area contributed by atoms with Gasteiger partial charge in [-0.25, -0.2) is 4.98 Å². The second-order valence-electron chi connectivity index (χ2n) is 7.21. The number of aryl methyl sites for hydroxylation is 1. The van der Waals surface area contributed by atoms with E-state index in [1.165, 1.54) is 11.1 Å². The Morgan fingerprint density at radius 1 is 0.931 bits per heavy atom. The second-order valence-corrected chi connectivity index (χ2v) is 7.21. The van der Waals surface area contributed by atoms with E-state index in [1.807, 2.05) is 38.2 Å². The molecule has 150 valence electrons. The van der Waals surface area contributed by atoms with Crippen molar-refractivity contribution in [2.24, 2.45) is 0 Å². The summed E-state index contributed by atoms with van der Waals surface area (Å²) >= 11 is 0. The first-order chi connectivity index (χ1) is 14.1. The molecule has 1 aliphatic rings. The van der Waals surface area contributed by atoms with Gasteiger partial charge in [-0.1, -0.05) is 18.2 Å². The molecule has 2 aromatic carbocycles. The Labute approximate surface area is 171 Å². The van der Waals surface area contributed by atoms with E-state index in [4.69, 9.17) is 19.4 Å². The minimum Gasteiger partial charge on any atom is -0.493 e. The summed E-state index contributed by atoms with van der Waals surface area (Å²) in [6.07, 6.45) is 0.914. The lowest BCUT2D eigenvalue weighted by Crippen LogP contribution is -2.32. The van der Waals surface area contributed by atoms with Crippen LogP contribution in [0.15, 0.2) is 48.5 Å². The van der Waals surface area contributed by atoms with Gasteiger partial charge in [-0.05, 0) is 48.7 Å². The van der Waals surface area contributed by atoms with Gasteiger partial charge < -0.3 is 19.3 Å². The van der Waals surface area contributed by atoms with Crippen molar-refractivity contribution >= 4 is 17.5 Å². The lowest BCUT2D eigenvalue weighted by molar-refractivity contribution is 0.353. The summed E-state index contributed by atoms with van der Waals surface area (Å²) in [6.45, 7) is 3.62. The van der Waals surface area contributed by atoms with Crippen molar-refractivity contribution in [1.29, 1.82) is 0 Å². The highest BCUT2D eigenvalue weighted by atomic mass is 16.5. The molecule has 2 heterocycles. The first kappa shape index (κ1) is 19.1. The van der Waals surface area contributed by atoms with Crippen molar-refractivity contribution in [2.75, 3.05) is 37.6 Å². The van der Waals surface area contributed by atoms with E-state index in [0.29, 0.717) is 0 Å². The lowest BCUT2D eigenvalue weighted by Gasteiger charge is -2.30. The summed E-state index contributed by atoms with van der Waals surface area (Å²) in [6, 6.07) is 16.4. The van der Waals surface area contributed by atoms with Crippen LogP contribution in [0.25, 0.3) is 0 Å². The minimum absolute atomic E-state index is 0.744. The SMILES string of the molecule is COc1cc2c(cc1OC)CN(c1nc(C)cc(N(C)c3ccccc3)n1)CC2. The van der Waals surface area contributed by atoms with Crippen LogP contribution in [0, 0.1) is 6.92 Å². The summed E-state index contributed by atoms with van der Waals surface area (Å²) in [5, 5.41) is 0. The van der Waals surface area contributed by atoms with Gasteiger partial charge in [0.2, 0.25) is 5.95 Å². The zero-order valence-corrected chi connectivity index (χ0v) is 17.3. The number of aromatic nitrogens is 2. The monoisotopic (exact) mass is 390 g/mol. The van der Waals surface area contributed by atoms with Crippen LogP contribution in [0.1, 0.15) is 16.8 Å². The molecule has 0 saturated carbocycles. The van der Waals surface area contributed by atoms with Crippen molar-refractivity contribution in [1.82, 2.24) is 9.97 Å². The van der Waals surface area contributed by atoms with Gasteiger partial charge in [0.1, 0.15) is 5.82 Å². The van der Waals surface area contributed by atoms with Crippen LogP contribution in [0.4, 0.5) is 17.5 Å². The van der Waals surface area contributed by atoms with Gasteiger partial charge in [0.15, 0.2) is 11.5 Å². The number of methoxy groups -OCH3 is 2. The van der Waals surface area contributed by atoms with Crippen LogP contribution in [0.3, 0.4) is 0 Å². The minimum atomic E-state index is 0.744. The van der Waals surface area contributed by atoms with Crippen molar-refractivity contribution in [2.45, 2.75) is 19.9 Å². The van der Waals surface area contributed by atoms with E-state index < -0.39 is 0 Å². The molecular formula is C23H26N4O2. The second kappa shape index (κ2) is 7.99. The smallest absolute Gasteiger partial charge is 0.227 e. The Morgan fingerprint density at radius 3 is 2.31 bits per heavy atom. The first-order valence-corrected chi connectivity index (χ1v) is 9.72. The maximum Gasteiger partial charge on any atom is 0.227 e. The average Bonchev–Trinajstić information content (AvgIpc) is 2.77. The third-order valence-corrected chi connectivity index (χ3v) is 5.32. The zero-order chi connectivity index (χ0) is 20.4. The number of fused-ring (bicyclic) bond motifs is 1. The van der Waals surface area contributed by atoms with E-state index >= 15 is 0 Å². The van der Waals surface area contributed by atoms with Gasteiger partial charge in [-0.3, -0.25) is 0 Å². The van der Waals surface area contributed by atoms with Crippen LogP contribution in [0.5, 0.6) is 11.5 Å². The van der Waals surface area contributed by atoms with Crippen molar-refractivity contribution in [3.8, 4) is 11.5 Å². The molecule has 4 rings (SSSR count). The predicted octanol–water partition coefficient (Wildman–Crippen LogP) is 4.13. The molecule has 0 unspecified atom stereocenters. The molecule has 0 amide bonds. The van der Waals surface area contributed by atoms with E-state index in [0.717, 1.165) is 54.2 Å². The Hall–Kier alpha value is -3.28. The molecule has 29 heavy (non-hydrogen) atoms. The molecule has 0 fully saturated rings. The quantitative estimate of drug-likeness (QED) is 0.653. The molecule has 1 aromatic heterocycles. The Kier molecular flexibility index (Phi) is 5.25. The molecule has 0 spiro atoms. The van der Waals surface area contributed by atoms with E-state index in [1.54, 1.807) is 14.2 Å². The number of para-hydroxylation sites is 1. The number of ether oxygens (including phenoxy) is 2. The molecular weight excluding hydrogens is 364 g/mol. The van der Waals surface area contributed by atoms with Gasteiger partial charge in [0, 0.05) is 37.6 Å². The zero-order valence-electron chi connectivity index (χ0n) is 17.3. The van der Waals surface area contributed by atoms with Crippen molar-refractivity contribution < 1.29 is 9.47 Å². The average molecular weight is 390 g/mol. The third kappa shape index (κ3) is 3.83. The van der Waals surface area contributed by atoms with Crippen LogP contribution in [0.2, 0.25) is 0 Å². The topological polar surface area (TPSA) is 50.7 Å². The third-order valence-electron chi connectivity index (χ3n) is 5.32. The summed E-state index contributed by atoms with van der Waals surface area (Å²) in [4.78, 5) is 13.9. The molecule has 0 atom stereocenters. The number of nitrogens with zero attached hydrogens (tertiary/aromatic N) is 4. The molecule has 6 nitrogen and oxygen atoms in total. The molecule has 6 heteroatoms. The fraction of sp³-hybridized carbons (Fsp3) is 0.304. The lowest BCUT2D eigenvalue weighted by atomic mass is 9.99. The molecule has 0 aliphatic carbocycles. The molecule has 0 bridgehead atoms. The number of hydrogen-bond donors (Lipinski definition) is 0. The highest BCUT2D eigenvalue weighted by Gasteiger charge is 2.22. The number of rotatable bonds is 5. The largest absolute Gasteiger partial charge is 0.493 e. The summed E-state index contributed by atoms with van der Waals surface area (Å²) < 4.78 is 10.9. The number of hydrogen-bond acceptors (Lipinski definition) is 6. The Balaban J connectivity index is 1.64. The summed E-state index contributed by atoms with van der Waals surface area (Å²) in [5.41, 5.74) is 4.55. The van der Waals surface area contributed by atoms with Crippen LogP contribution in [-0.4, -0.2) is 37.8 Å². The van der Waals surface area contributed by atoms with Gasteiger partial charge in [0.05, 0.1) is 14.2 Å². The summed E-state index contributed by atoms with van der Waals surface area (Å²) in [5.74, 6) is 3.17. The highest BCUT2D eigenvalue weighted by Crippen LogP contribution is 2.34. The maximum absolute atomic E-state index is 5.48. The maximum atomic E-state index is 5.48. The molecule has 0 saturated heterocycles. The standard InChI is InChI=1S/C23H26N4O2/c1-16-12-22(26(2)19-8-6-5-7-9-19)25-23(24-16)27-11-10-17-13-20(28-3)21(29-4)14-18(17)15-27/h5-9,12-14H,10-11,15H2,1-4H3. The fourth-order valence-corrected chi connectivity index (χ4v) is 3.69. The summed E-state index contributed by atoms with van der Waals surface area (Å²) in [7, 11) is 5.37. The van der Waals surface area contributed by atoms with Gasteiger partial charge in [-0.15, -0.1) is 0 Å². The first-order valence-electron chi connectivity index (χ1n) is 9.72. The number of anilines is 3. The number of benzene rings is 2. The molecule has 0 N–H and O–H groups in total. The molecule has 1 aliphatic heterocycles. The normalized spacial score (nSPS) is 13.0. The Bertz CT molecular complexity index is 1010. The Morgan fingerprint density at radius 2 is 1.62 bits per heavy atom. The van der Waals surface area contributed by atoms with E-state index in [9.17, 15) is 0 Å². The van der Waals surface area contributed by atoms with Crippen molar-refractivity contribution in [3.05, 3.63) is 65.4 Å². The van der Waals surface area contributed by atoms with Crippen LogP contribution >= 0.6 is 0 Å². The molecule has 3 aromatic rings. The van der Waals surface area contributed by atoms with E-state index in [-0.39, 0.29) is 0 Å². The van der Waals surface area contributed by atoms with Gasteiger partial charge in [-0.2, -0.15) is 4.98 Å². The van der Waals surface area contributed by atoms with Gasteiger partial charge in [0.25, 0.3) is 0 Å². The molecule has 0 radical (unpaired) electrons. The van der Waals surface area contributed by atoms with Gasteiger partial charge >= 0.3 is 0 Å². The predicted molar refractivity (Wildman–Crippen MR) is 116 cm³/mol. The van der Waals surface area contributed by atoms with Crippen LogP contribution < -0.4 is 19.3 Å². The van der Waals surface area contributed by atoms with Crippen molar-refractivity contribution in [3.63, 3.8) is 0 Å². The van der Waals surface area contributed by atoms with E-state index in [2.05, 4.69) is 34.1 Å². The van der Waals surface area contributed by atoms with Crippen LogP contribution in [-0.2, 0) is 13.0 Å².